The van der Waals surface area contributed by atoms with Crippen molar-refractivity contribution in [1.82, 2.24) is 14.9 Å². The summed E-state index contributed by atoms with van der Waals surface area (Å²) in [5, 5.41) is 8.58. The molecule has 1 aromatic heterocycles. The highest BCUT2D eigenvalue weighted by Gasteiger charge is 2.13. The zero-order valence-corrected chi connectivity index (χ0v) is 18.2. The lowest BCUT2D eigenvalue weighted by Gasteiger charge is -2.16. The average molecular weight is 434 g/mol. The Labute approximate surface area is 187 Å². The lowest BCUT2D eigenvalue weighted by atomic mass is 10.1. The number of aryl methyl sites for hydroxylation is 1. The van der Waals surface area contributed by atoms with E-state index >= 15 is 0 Å². The summed E-state index contributed by atoms with van der Waals surface area (Å²) >= 11 is 0. The first-order valence-corrected chi connectivity index (χ1v) is 10.5. The monoisotopic (exact) mass is 433 g/mol. The molecule has 0 aliphatic heterocycles. The van der Waals surface area contributed by atoms with Gasteiger partial charge in [0.25, 0.3) is 5.91 Å². The van der Waals surface area contributed by atoms with Gasteiger partial charge in [0.15, 0.2) is 0 Å². The van der Waals surface area contributed by atoms with E-state index in [0.29, 0.717) is 30.6 Å². The summed E-state index contributed by atoms with van der Waals surface area (Å²) < 4.78 is 1.83. The number of benzene rings is 2. The van der Waals surface area contributed by atoms with Crippen LogP contribution >= 0.6 is 0 Å². The van der Waals surface area contributed by atoms with Gasteiger partial charge in [0, 0.05) is 48.7 Å². The molecule has 8 heteroatoms. The SMILES string of the molecule is CCC(=O)Nc1ccc(C(C)NC(=O)c2cccc(NC(=O)CCn3ccnc3)c2)cc1. The van der Waals surface area contributed by atoms with Gasteiger partial charge in [-0.15, -0.1) is 0 Å². The fraction of sp³-hybridized carbons (Fsp3) is 0.250. The number of rotatable bonds is 9. The largest absolute Gasteiger partial charge is 0.346 e. The van der Waals surface area contributed by atoms with E-state index in [9.17, 15) is 14.4 Å². The Kier molecular flexibility index (Phi) is 7.75. The maximum Gasteiger partial charge on any atom is 0.251 e. The lowest BCUT2D eigenvalue weighted by Crippen LogP contribution is -2.26. The van der Waals surface area contributed by atoms with E-state index in [1.807, 2.05) is 35.8 Å². The summed E-state index contributed by atoms with van der Waals surface area (Å²) in [4.78, 5) is 40.3. The summed E-state index contributed by atoms with van der Waals surface area (Å²) in [6, 6.07) is 14.0. The second-order valence-corrected chi connectivity index (χ2v) is 7.40. The van der Waals surface area contributed by atoms with Gasteiger partial charge in [-0.05, 0) is 42.8 Å². The molecule has 3 aromatic rings. The van der Waals surface area contributed by atoms with Crippen LogP contribution in [0.15, 0.2) is 67.3 Å². The Hall–Kier alpha value is -3.94. The van der Waals surface area contributed by atoms with Gasteiger partial charge in [-0.3, -0.25) is 14.4 Å². The molecule has 166 valence electrons. The van der Waals surface area contributed by atoms with E-state index in [0.717, 1.165) is 11.3 Å². The number of amides is 3. The Morgan fingerprint density at radius 2 is 1.75 bits per heavy atom. The number of carbonyl (C=O) groups is 3. The molecule has 0 saturated heterocycles. The predicted molar refractivity (Wildman–Crippen MR) is 123 cm³/mol. The van der Waals surface area contributed by atoms with Gasteiger partial charge in [0.05, 0.1) is 12.4 Å². The quantitative estimate of drug-likeness (QED) is 0.478. The van der Waals surface area contributed by atoms with Gasteiger partial charge in [0.1, 0.15) is 0 Å². The maximum atomic E-state index is 12.7. The highest BCUT2D eigenvalue weighted by atomic mass is 16.2. The fourth-order valence-electron chi connectivity index (χ4n) is 3.08. The number of nitrogens with zero attached hydrogens (tertiary/aromatic N) is 2. The van der Waals surface area contributed by atoms with Crippen LogP contribution in [-0.4, -0.2) is 27.3 Å². The van der Waals surface area contributed by atoms with Crippen molar-refractivity contribution in [2.45, 2.75) is 39.3 Å². The third-order valence-corrected chi connectivity index (χ3v) is 4.93. The van der Waals surface area contributed by atoms with Crippen LogP contribution in [-0.2, 0) is 16.1 Å². The van der Waals surface area contributed by atoms with Gasteiger partial charge >= 0.3 is 0 Å². The van der Waals surface area contributed by atoms with Crippen molar-refractivity contribution in [3.05, 3.63) is 78.4 Å². The molecular formula is C24H27N5O3. The Morgan fingerprint density at radius 3 is 2.44 bits per heavy atom. The van der Waals surface area contributed by atoms with E-state index < -0.39 is 0 Å². The second-order valence-electron chi connectivity index (χ2n) is 7.40. The van der Waals surface area contributed by atoms with Gasteiger partial charge in [-0.25, -0.2) is 4.98 Å². The van der Waals surface area contributed by atoms with Crippen LogP contribution < -0.4 is 16.0 Å². The summed E-state index contributed by atoms with van der Waals surface area (Å²) in [5.41, 5.74) is 2.65. The van der Waals surface area contributed by atoms with Crippen LogP contribution in [0.5, 0.6) is 0 Å². The van der Waals surface area contributed by atoms with Gasteiger partial charge in [-0.2, -0.15) is 0 Å². The van der Waals surface area contributed by atoms with E-state index in [1.54, 1.807) is 49.9 Å². The highest BCUT2D eigenvalue weighted by molar-refractivity contribution is 5.97. The molecule has 3 rings (SSSR count). The van der Waals surface area contributed by atoms with E-state index in [-0.39, 0.29) is 23.8 Å². The maximum absolute atomic E-state index is 12.7. The number of hydrogen-bond acceptors (Lipinski definition) is 4. The number of anilines is 2. The number of hydrogen-bond donors (Lipinski definition) is 3. The highest BCUT2D eigenvalue weighted by Crippen LogP contribution is 2.18. The molecule has 8 nitrogen and oxygen atoms in total. The smallest absolute Gasteiger partial charge is 0.251 e. The first kappa shape index (κ1) is 22.7. The molecule has 0 radical (unpaired) electrons. The van der Waals surface area contributed by atoms with Crippen molar-refractivity contribution in [1.29, 1.82) is 0 Å². The van der Waals surface area contributed by atoms with Crippen LogP contribution in [0.3, 0.4) is 0 Å². The van der Waals surface area contributed by atoms with Crippen molar-refractivity contribution in [3.63, 3.8) is 0 Å². The standard InChI is InChI=1S/C24H27N5O3/c1-3-22(30)27-20-9-7-18(8-10-20)17(2)26-24(32)19-5-4-6-21(15-19)28-23(31)11-13-29-14-12-25-16-29/h4-10,12,14-17H,3,11,13H2,1-2H3,(H,26,32)(H,27,30)(H,28,31). The summed E-state index contributed by atoms with van der Waals surface area (Å²) in [6.07, 6.45) is 5.85. The molecule has 0 aliphatic rings. The van der Waals surface area contributed by atoms with Crippen LogP contribution in [0.25, 0.3) is 0 Å². The number of nitrogens with one attached hydrogen (secondary N) is 3. The average Bonchev–Trinajstić information content (AvgIpc) is 3.32. The van der Waals surface area contributed by atoms with E-state index in [1.165, 1.54) is 0 Å². The second kappa shape index (κ2) is 10.9. The Morgan fingerprint density at radius 1 is 1.00 bits per heavy atom. The Balaban J connectivity index is 1.55. The molecule has 2 aromatic carbocycles. The van der Waals surface area contributed by atoms with E-state index in [4.69, 9.17) is 0 Å². The van der Waals surface area contributed by atoms with Crippen LogP contribution in [0.4, 0.5) is 11.4 Å². The molecule has 1 atom stereocenters. The third-order valence-electron chi connectivity index (χ3n) is 4.93. The van der Waals surface area contributed by atoms with Crippen molar-refractivity contribution in [2.75, 3.05) is 10.6 Å². The minimum Gasteiger partial charge on any atom is -0.346 e. The topological polar surface area (TPSA) is 105 Å². The minimum absolute atomic E-state index is 0.0483. The van der Waals surface area contributed by atoms with Crippen LogP contribution in [0.1, 0.15) is 48.7 Å². The molecule has 0 saturated carbocycles. The number of imidazole rings is 1. The zero-order valence-electron chi connectivity index (χ0n) is 18.2. The molecule has 1 heterocycles. The van der Waals surface area contributed by atoms with Crippen molar-refractivity contribution >= 4 is 29.1 Å². The Bertz CT molecular complexity index is 1060. The summed E-state index contributed by atoms with van der Waals surface area (Å²) in [7, 11) is 0. The predicted octanol–water partition coefficient (Wildman–Crippen LogP) is 3.75. The normalized spacial score (nSPS) is 11.4. The van der Waals surface area contributed by atoms with E-state index in [2.05, 4.69) is 20.9 Å². The molecule has 0 fully saturated rings. The fourth-order valence-corrected chi connectivity index (χ4v) is 3.08. The zero-order chi connectivity index (χ0) is 22.9. The molecule has 3 N–H and O–H groups in total. The lowest BCUT2D eigenvalue weighted by molar-refractivity contribution is -0.117. The molecular weight excluding hydrogens is 406 g/mol. The molecule has 32 heavy (non-hydrogen) atoms. The van der Waals surface area contributed by atoms with Crippen LogP contribution in [0, 0.1) is 0 Å². The molecule has 0 spiro atoms. The molecule has 0 aliphatic carbocycles. The number of carbonyl (C=O) groups excluding carboxylic acids is 3. The molecule has 1 unspecified atom stereocenters. The van der Waals surface area contributed by atoms with Crippen molar-refractivity contribution in [3.8, 4) is 0 Å². The number of aromatic nitrogens is 2. The third kappa shape index (κ3) is 6.53. The first-order chi connectivity index (χ1) is 15.4. The molecule has 3 amide bonds. The minimum atomic E-state index is -0.240. The van der Waals surface area contributed by atoms with Crippen molar-refractivity contribution in [2.24, 2.45) is 0 Å². The first-order valence-electron chi connectivity index (χ1n) is 10.5. The summed E-state index contributed by atoms with van der Waals surface area (Å²) in [6.45, 7) is 4.22. The van der Waals surface area contributed by atoms with Gasteiger partial charge in [0.2, 0.25) is 11.8 Å². The summed E-state index contributed by atoms with van der Waals surface area (Å²) in [5.74, 6) is -0.428. The van der Waals surface area contributed by atoms with Gasteiger partial charge < -0.3 is 20.5 Å². The van der Waals surface area contributed by atoms with Crippen molar-refractivity contribution < 1.29 is 14.4 Å². The van der Waals surface area contributed by atoms with Gasteiger partial charge in [-0.1, -0.05) is 25.1 Å². The van der Waals surface area contributed by atoms with Crippen LogP contribution in [0.2, 0.25) is 0 Å². The molecule has 0 bridgehead atoms.